The number of anilines is 1. The third kappa shape index (κ3) is 7.88. The van der Waals surface area contributed by atoms with Crippen molar-refractivity contribution < 1.29 is 57.0 Å². The summed E-state index contributed by atoms with van der Waals surface area (Å²) in [5.41, 5.74) is -1.60. The van der Waals surface area contributed by atoms with Crippen LogP contribution in [0, 0.1) is 23.6 Å². The zero-order valence-electron chi connectivity index (χ0n) is 27.0. The summed E-state index contributed by atoms with van der Waals surface area (Å²) in [5, 5.41) is 45.9. The number of hydrogen-bond donors (Lipinski definition) is 5. The van der Waals surface area contributed by atoms with Gasteiger partial charge >= 0.3 is 5.97 Å². The molecule has 2 heterocycles. The molecule has 2 fully saturated rings. The minimum absolute atomic E-state index is 0.0299. The Morgan fingerprint density at radius 3 is 2.36 bits per heavy atom. The SMILES string of the molecule is CO[C@@H]1O[C@H](C(=O)Oc2ccccc2)[C@](O)(C2C(CC[C@H](O)c3ccc(F)cc3)C(=O)N2c2ccc(C#CCNS(C)(=O)=O)cc2)[C@H](O)[C@@H]1O. The van der Waals surface area contributed by atoms with E-state index in [4.69, 9.17) is 14.2 Å². The van der Waals surface area contributed by atoms with Crippen LogP contribution >= 0.6 is 0 Å². The number of nitrogens with one attached hydrogen (secondary N) is 1. The molecule has 50 heavy (non-hydrogen) atoms. The van der Waals surface area contributed by atoms with Crippen molar-refractivity contribution in [1.29, 1.82) is 0 Å². The molecular weight excluding hydrogens is 675 g/mol. The summed E-state index contributed by atoms with van der Waals surface area (Å²) in [6.45, 7) is -0.130. The van der Waals surface area contributed by atoms with Crippen LogP contribution in [0.3, 0.4) is 0 Å². The number of nitrogens with zero attached hydrogens (tertiary/aromatic N) is 1. The minimum atomic E-state index is -3.44. The predicted molar refractivity (Wildman–Crippen MR) is 176 cm³/mol. The molecule has 1 amide bonds. The van der Waals surface area contributed by atoms with E-state index in [0.29, 0.717) is 11.1 Å². The molecule has 0 spiro atoms. The molecule has 0 saturated carbocycles. The van der Waals surface area contributed by atoms with Crippen LogP contribution in [-0.4, -0.2) is 96.9 Å². The molecule has 8 atom stereocenters. The van der Waals surface area contributed by atoms with Gasteiger partial charge in [-0.3, -0.25) is 4.79 Å². The second-order valence-electron chi connectivity index (χ2n) is 12.0. The number of methoxy groups -OCH3 is 1. The Hall–Kier alpha value is -4.24. The molecule has 5 N–H and O–H groups in total. The molecule has 13 nitrogen and oxygen atoms in total. The van der Waals surface area contributed by atoms with Crippen LogP contribution in [0.2, 0.25) is 0 Å². The summed E-state index contributed by atoms with van der Waals surface area (Å²) < 4.78 is 54.8. The Morgan fingerprint density at radius 2 is 1.74 bits per heavy atom. The number of rotatable bonds is 11. The molecule has 0 aliphatic carbocycles. The zero-order chi connectivity index (χ0) is 36.2. The van der Waals surface area contributed by atoms with Crippen LogP contribution in [0.1, 0.15) is 30.1 Å². The summed E-state index contributed by atoms with van der Waals surface area (Å²) in [7, 11) is -2.27. The number of β-lactam (4-membered cyclic amide) rings is 1. The van der Waals surface area contributed by atoms with Gasteiger partial charge in [-0.15, -0.1) is 0 Å². The van der Waals surface area contributed by atoms with E-state index in [-0.39, 0.29) is 30.8 Å². The van der Waals surface area contributed by atoms with E-state index < -0.39 is 76.0 Å². The van der Waals surface area contributed by atoms with E-state index in [0.717, 1.165) is 11.2 Å². The molecule has 5 rings (SSSR count). The number of aliphatic hydroxyl groups is 4. The average molecular weight is 713 g/mol. The highest BCUT2D eigenvalue weighted by Crippen LogP contribution is 2.47. The molecule has 2 aliphatic heterocycles. The van der Waals surface area contributed by atoms with Crippen molar-refractivity contribution in [3.8, 4) is 17.6 Å². The van der Waals surface area contributed by atoms with Crippen molar-refractivity contribution >= 4 is 27.6 Å². The third-order valence-corrected chi connectivity index (χ3v) is 9.34. The lowest BCUT2D eigenvalue weighted by Crippen LogP contribution is -2.82. The highest BCUT2D eigenvalue weighted by atomic mass is 32.2. The first-order chi connectivity index (χ1) is 23.7. The lowest BCUT2D eigenvalue weighted by Gasteiger charge is -2.59. The van der Waals surface area contributed by atoms with E-state index >= 15 is 0 Å². The first-order valence-corrected chi connectivity index (χ1v) is 17.5. The molecular formula is C35H37FN2O11S. The normalized spacial score (nSPS) is 27.1. The number of carbonyl (C=O) groups excluding carboxylic acids is 2. The topological polar surface area (TPSA) is 192 Å². The second-order valence-corrected chi connectivity index (χ2v) is 13.9. The number of ether oxygens (including phenoxy) is 3. The maximum atomic E-state index is 13.9. The summed E-state index contributed by atoms with van der Waals surface area (Å²) in [4.78, 5) is 28.7. The van der Waals surface area contributed by atoms with Crippen molar-refractivity contribution in [2.45, 2.75) is 55.2 Å². The zero-order valence-corrected chi connectivity index (χ0v) is 27.9. The van der Waals surface area contributed by atoms with Crippen molar-refractivity contribution in [1.82, 2.24) is 4.72 Å². The number of halogens is 1. The van der Waals surface area contributed by atoms with E-state index in [1.54, 1.807) is 30.3 Å². The summed E-state index contributed by atoms with van der Waals surface area (Å²) >= 11 is 0. The maximum Gasteiger partial charge on any atom is 0.344 e. The monoisotopic (exact) mass is 712 g/mol. The lowest BCUT2D eigenvalue weighted by molar-refractivity contribution is -0.325. The number of amides is 1. The first-order valence-electron chi connectivity index (χ1n) is 15.6. The fourth-order valence-electron chi connectivity index (χ4n) is 6.18. The number of para-hydroxylation sites is 1. The molecule has 2 unspecified atom stereocenters. The molecule has 0 radical (unpaired) electrons. The van der Waals surface area contributed by atoms with Crippen LogP contribution in [-0.2, 0) is 29.1 Å². The van der Waals surface area contributed by atoms with Crippen LogP contribution in [0.5, 0.6) is 5.75 Å². The smallest absolute Gasteiger partial charge is 0.344 e. The van der Waals surface area contributed by atoms with Gasteiger partial charge in [0.1, 0.15) is 23.8 Å². The number of aliphatic hydroxyl groups excluding tert-OH is 3. The molecule has 15 heteroatoms. The Kier molecular flexibility index (Phi) is 11.4. The van der Waals surface area contributed by atoms with E-state index in [9.17, 15) is 42.8 Å². The van der Waals surface area contributed by atoms with Crippen LogP contribution < -0.4 is 14.4 Å². The van der Waals surface area contributed by atoms with Crippen molar-refractivity contribution in [3.63, 3.8) is 0 Å². The molecule has 3 aromatic rings. The van der Waals surface area contributed by atoms with Crippen LogP contribution in [0.4, 0.5) is 10.1 Å². The van der Waals surface area contributed by atoms with Gasteiger partial charge in [0.05, 0.1) is 30.9 Å². The van der Waals surface area contributed by atoms with Gasteiger partial charge in [-0.1, -0.05) is 42.2 Å². The standard InChI is InChI=1S/C35H37FN2O11S/c1-47-34-28(40)30(41)35(44,31(49-34)33(43)48-25-8-4-3-5-9-25)29-26(18-19-27(39)22-12-14-23(36)15-13-22)32(42)38(29)24-16-10-21(11-17-24)7-6-20-37-50(2,45)46/h3-5,8-17,26-31,34,37,39-41,44H,18-20H2,1-2H3/t26?,27-,28-,29?,30+,31+,34+,35-/m0/s1. The minimum Gasteiger partial charge on any atom is -0.425 e. The lowest BCUT2D eigenvalue weighted by atomic mass is 9.66. The molecule has 0 bridgehead atoms. The largest absolute Gasteiger partial charge is 0.425 e. The number of sulfonamides is 1. The van der Waals surface area contributed by atoms with E-state index in [1.807, 2.05) is 0 Å². The number of benzene rings is 3. The van der Waals surface area contributed by atoms with Gasteiger partial charge < -0.3 is 39.5 Å². The van der Waals surface area contributed by atoms with Crippen molar-refractivity contribution in [3.05, 3.63) is 95.8 Å². The summed E-state index contributed by atoms with van der Waals surface area (Å²) in [6, 6.07) is 17.7. The van der Waals surface area contributed by atoms with Gasteiger partial charge in [0.15, 0.2) is 18.0 Å². The number of carbonyl (C=O) groups is 2. The summed E-state index contributed by atoms with van der Waals surface area (Å²) in [5.74, 6) is 2.29. The van der Waals surface area contributed by atoms with Gasteiger partial charge in [0, 0.05) is 18.4 Å². The Labute approximate surface area is 288 Å². The molecule has 2 aliphatic rings. The average Bonchev–Trinajstić information content (AvgIpc) is 3.09. The fourth-order valence-corrected chi connectivity index (χ4v) is 6.52. The van der Waals surface area contributed by atoms with Gasteiger partial charge in [-0.25, -0.2) is 22.3 Å². The Morgan fingerprint density at radius 1 is 1.08 bits per heavy atom. The van der Waals surface area contributed by atoms with Crippen molar-refractivity contribution in [2.75, 3.05) is 24.8 Å². The van der Waals surface area contributed by atoms with Gasteiger partial charge in [0.25, 0.3) is 0 Å². The predicted octanol–water partition coefficient (Wildman–Crippen LogP) is 1.00. The number of hydrogen-bond acceptors (Lipinski definition) is 11. The van der Waals surface area contributed by atoms with Crippen LogP contribution in [0.25, 0.3) is 0 Å². The highest BCUT2D eigenvalue weighted by Gasteiger charge is 2.69. The van der Waals surface area contributed by atoms with Gasteiger partial charge in [0.2, 0.25) is 15.9 Å². The molecule has 3 aromatic carbocycles. The van der Waals surface area contributed by atoms with E-state index in [1.165, 1.54) is 55.6 Å². The second kappa shape index (κ2) is 15.3. The third-order valence-electron chi connectivity index (χ3n) is 8.67. The first kappa shape index (κ1) is 37.0. The molecule has 266 valence electrons. The Bertz CT molecular complexity index is 1830. The summed E-state index contributed by atoms with van der Waals surface area (Å²) in [6.07, 6.45) is -7.73. The highest BCUT2D eigenvalue weighted by molar-refractivity contribution is 7.88. The van der Waals surface area contributed by atoms with Crippen LogP contribution in [0.15, 0.2) is 78.9 Å². The molecule has 0 aromatic heterocycles. The van der Waals surface area contributed by atoms with Gasteiger partial charge in [-0.05, 0) is 66.9 Å². The van der Waals surface area contributed by atoms with E-state index in [2.05, 4.69) is 16.6 Å². The molecule has 2 saturated heterocycles. The quantitative estimate of drug-likeness (QED) is 0.0825. The maximum absolute atomic E-state index is 13.9. The Balaban J connectivity index is 1.50. The fraction of sp³-hybridized carbons (Fsp3) is 0.371. The van der Waals surface area contributed by atoms with Crippen molar-refractivity contribution in [2.24, 2.45) is 5.92 Å². The number of esters is 1. The van der Waals surface area contributed by atoms with Gasteiger partial charge in [-0.2, -0.15) is 0 Å².